The summed E-state index contributed by atoms with van der Waals surface area (Å²) >= 11 is 0. The summed E-state index contributed by atoms with van der Waals surface area (Å²) in [7, 11) is 0. The van der Waals surface area contributed by atoms with E-state index in [-0.39, 0.29) is 23.3 Å². The molecule has 0 aliphatic rings. The molecule has 1 rings (SSSR count). The van der Waals surface area contributed by atoms with Crippen LogP contribution in [0.1, 0.15) is 39.7 Å². The van der Waals surface area contributed by atoms with E-state index in [0.717, 1.165) is 6.42 Å². The number of aliphatic hydroxyl groups is 1. The topological polar surface area (TPSA) is 49.3 Å². The van der Waals surface area contributed by atoms with Gasteiger partial charge in [0.2, 0.25) is 5.91 Å². The first kappa shape index (κ1) is 16.7. The van der Waals surface area contributed by atoms with Crippen LogP contribution >= 0.6 is 0 Å². The van der Waals surface area contributed by atoms with E-state index in [9.17, 15) is 9.90 Å². The molecule has 2 unspecified atom stereocenters. The Morgan fingerprint density at radius 2 is 1.85 bits per heavy atom. The normalized spacial score (nSPS) is 14.7. The lowest BCUT2D eigenvalue weighted by Gasteiger charge is -2.27. The van der Waals surface area contributed by atoms with Crippen LogP contribution in [0.2, 0.25) is 0 Å². The van der Waals surface area contributed by atoms with Gasteiger partial charge in [-0.05, 0) is 30.7 Å². The molecule has 0 fully saturated rings. The first-order chi connectivity index (χ1) is 9.30. The number of aliphatic hydroxyl groups excluding tert-OH is 1. The van der Waals surface area contributed by atoms with Gasteiger partial charge in [0, 0.05) is 12.5 Å². The summed E-state index contributed by atoms with van der Waals surface area (Å²) in [5.74, 6) is 0.0345. The molecule has 2 N–H and O–H groups in total. The van der Waals surface area contributed by atoms with E-state index in [1.807, 2.05) is 37.3 Å². The summed E-state index contributed by atoms with van der Waals surface area (Å²) in [6, 6.07) is 10.0. The molecule has 3 heteroatoms. The Morgan fingerprint density at radius 3 is 2.40 bits per heavy atom. The van der Waals surface area contributed by atoms with E-state index in [4.69, 9.17) is 0 Å². The number of amides is 1. The lowest BCUT2D eigenvalue weighted by atomic mass is 9.86. The molecule has 20 heavy (non-hydrogen) atoms. The Kier molecular flexibility index (Phi) is 6.21. The second-order valence-electron chi connectivity index (χ2n) is 6.53. The van der Waals surface area contributed by atoms with Crippen molar-refractivity contribution in [1.29, 1.82) is 0 Å². The monoisotopic (exact) mass is 277 g/mol. The summed E-state index contributed by atoms with van der Waals surface area (Å²) in [5.41, 5.74) is 1.09. The zero-order chi connectivity index (χ0) is 15.2. The van der Waals surface area contributed by atoms with Gasteiger partial charge in [-0.15, -0.1) is 0 Å². The van der Waals surface area contributed by atoms with Crippen LogP contribution in [0, 0.1) is 11.3 Å². The van der Waals surface area contributed by atoms with Gasteiger partial charge in [-0.2, -0.15) is 0 Å². The van der Waals surface area contributed by atoms with Crippen LogP contribution in [-0.4, -0.2) is 23.7 Å². The molecule has 0 aliphatic carbocycles. The Hall–Kier alpha value is -1.35. The maximum Gasteiger partial charge on any atom is 0.223 e. The largest absolute Gasteiger partial charge is 0.393 e. The fraction of sp³-hybridized carbons (Fsp3) is 0.588. The number of carbonyl (C=O) groups excluding carboxylic acids is 1. The van der Waals surface area contributed by atoms with Crippen molar-refractivity contribution in [2.45, 2.75) is 46.6 Å². The third kappa shape index (κ3) is 6.20. The van der Waals surface area contributed by atoms with Gasteiger partial charge >= 0.3 is 0 Å². The van der Waals surface area contributed by atoms with Gasteiger partial charge < -0.3 is 10.4 Å². The van der Waals surface area contributed by atoms with Crippen molar-refractivity contribution in [3.05, 3.63) is 35.9 Å². The van der Waals surface area contributed by atoms with Crippen molar-refractivity contribution in [3.63, 3.8) is 0 Å². The van der Waals surface area contributed by atoms with E-state index < -0.39 is 0 Å². The third-order valence-electron chi connectivity index (χ3n) is 3.42. The summed E-state index contributed by atoms with van der Waals surface area (Å²) in [4.78, 5) is 12.1. The molecule has 0 spiro atoms. The number of carbonyl (C=O) groups is 1. The smallest absolute Gasteiger partial charge is 0.223 e. The van der Waals surface area contributed by atoms with Gasteiger partial charge in [-0.1, -0.05) is 51.1 Å². The number of hydrogen-bond donors (Lipinski definition) is 2. The minimum Gasteiger partial charge on any atom is -0.393 e. The van der Waals surface area contributed by atoms with Gasteiger partial charge in [0.15, 0.2) is 0 Å². The molecule has 0 radical (unpaired) electrons. The zero-order valence-electron chi connectivity index (χ0n) is 13.0. The molecule has 2 atom stereocenters. The molecular weight excluding hydrogens is 250 g/mol. The number of benzene rings is 1. The number of nitrogens with one attached hydrogen (secondary N) is 1. The quantitative estimate of drug-likeness (QED) is 0.805. The van der Waals surface area contributed by atoms with Crippen LogP contribution in [0.4, 0.5) is 0 Å². The van der Waals surface area contributed by atoms with E-state index >= 15 is 0 Å². The Labute approximate surface area is 122 Å². The average molecular weight is 277 g/mol. The summed E-state index contributed by atoms with van der Waals surface area (Å²) < 4.78 is 0. The van der Waals surface area contributed by atoms with Crippen molar-refractivity contribution < 1.29 is 9.90 Å². The van der Waals surface area contributed by atoms with Crippen LogP contribution in [0.15, 0.2) is 30.3 Å². The molecule has 1 aromatic rings. The van der Waals surface area contributed by atoms with Gasteiger partial charge in [-0.3, -0.25) is 4.79 Å². The van der Waals surface area contributed by atoms with Crippen molar-refractivity contribution in [1.82, 2.24) is 5.32 Å². The van der Waals surface area contributed by atoms with Gasteiger partial charge in [0.05, 0.1) is 6.10 Å². The van der Waals surface area contributed by atoms with E-state index in [1.54, 1.807) is 6.92 Å². The fourth-order valence-corrected chi connectivity index (χ4v) is 2.43. The van der Waals surface area contributed by atoms with Gasteiger partial charge in [-0.25, -0.2) is 0 Å². The highest BCUT2D eigenvalue weighted by molar-refractivity contribution is 5.78. The van der Waals surface area contributed by atoms with Crippen molar-refractivity contribution in [2.75, 3.05) is 6.54 Å². The van der Waals surface area contributed by atoms with Crippen LogP contribution < -0.4 is 5.32 Å². The van der Waals surface area contributed by atoms with E-state index in [0.29, 0.717) is 13.0 Å². The minimum absolute atomic E-state index is 0.0419. The molecule has 0 heterocycles. The summed E-state index contributed by atoms with van der Waals surface area (Å²) in [6.45, 7) is 8.44. The molecule has 0 aromatic heterocycles. The molecule has 3 nitrogen and oxygen atoms in total. The van der Waals surface area contributed by atoms with Crippen molar-refractivity contribution >= 4 is 5.91 Å². The molecule has 0 aliphatic heterocycles. The van der Waals surface area contributed by atoms with Crippen LogP contribution in [0.3, 0.4) is 0 Å². The summed E-state index contributed by atoms with van der Waals surface area (Å²) in [6.07, 6.45) is 1.09. The molecule has 0 saturated carbocycles. The van der Waals surface area contributed by atoms with Crippen molar-refractivity contribution in [3.8, 4) is 0 Å². The van der Waals surface area contributed by atoms with Crippen molar-refractivity contribution in [2.24, 2.45) is 11.3 Å². The maximum absolute atomic E-state index is 12.1. The molecular formula is C17H27NO2. The second kappa shape index (κ2) is 7.44. The van der Waals surface area contributed by atoms with Gasteiger partial charge in [0.1, 0.15) is 0 Å². The Morgan fingerprint density at radius 1 is 1.25 bits per heavy atom. The van der Waals surface area contributed by atoms with Crippen LogP contribution in [-0.2, 0) is 11.2 Å². The first-order valence-corrected chi connectivity index (χ1v) is 7.30. The minimum atomic E-state index is -0.344. The highest BCUT2D eigenvalue weighted by atomic mass is 16.3. The lowest BCUT2D eigenvalue weighted by Crippen LogP contribution is -2.38. The van der Waals surface area contributed by atoms with Crippen LogP contribution in [0.5, 0.6) is 0 Å². The van der Waals surface area contributed by atoms with E-state index in [2.05, 4.69) is 19.2 Å². The number of hydrogen-bond acceptors (Lipinski definition) is 2. The Balaban J connectivity index is 2.42. The molecule has 112 valence electrons. The highest BCUT2D eigenvalue weighted by Gasteiger charge is 2.22. The van der Waals surface area contributed by atoms with Crippen LogP contribution in [0.25, 0.3) is 0 Å². The predicted molar refractivity (Wildman–Crippen MR) is 82.4 cm³/mol. The fourth-order valence-electron chi connectivity index (χ4n) is 2.43. The SMILES string of the molecule is CC(O)CC(C)(C)CNC(=O)C(C)Cc1ccccc1. The highest BCUT2D eigenvalue weighted by Crippen LogP contribution is 2.21. The van der Waals surface area contributed by atoms with Gasteiger partial charge in [0.25, 0.3) is 0 Å². The molecule has 1 amide bonds. The predicted octanol–water partition coefficient (Wildman–Crippen LogP) is 2.78. The molecule has 1 aromatic carbocycles. The summed E-state index contributed by atoms with van der Waals surface area (Å²) in [5, 5.41) is 12.4. The first-order valence-electron chi connectivity index (χ1n) is 7.30. The average Bonchev–Trinajstić information content (AvgIpc) is 2.35. The second-order valence-corrected chi connectivity index (χ2v) is 6.53. The standard InChI is InChI=1S/C17H27NO2/c1-13(10-15-8-6-5-7-9-15)16(20)18-12-17(3,4)11-14(2)19/h5-9,13-14,19H,10-12H2,1-4H3,(H,18,20). The molecule has 0 saturated heterocycles. The van der Waals surface area contributed by atoms with E-state index in [1.165, 1.54) is 5.56 Å². The Bertz CT molecular complexity index is 412. The molecule has 0 bridgehead atoms. The zero-order valence-corrected chi connectivity index (χ0v) is 13.0. The third-order valence-corrected chi connectivity index (χ3v) is 3.42. The number of rotatable bonds is 7. The lowest BCUT2D eigenvalue weighted by molar-refractivity contribution is -0.125. The maximum atomic E-state index is 12.1.